The Labute approximate surface area is 113 Å². The van der Waals surface area contributed by atoms with Crippen LogP contribution in [0.15, 0.2) is 54.6 Å². The highest BCUT2D eigenvalue weighted by atomic mass is 16.3. The van der Waals surface area contributed by atoms with Crippen molar-refractivity contribution in [2.24, 2.45) is 0 Å². The summed E-state index contributed by atoms with van der Waals surface area (Å²) >= 11 is 0. The van der Waals surface area contributed by atoms with E-state index in [1.807, 2.05) is 61.5 Å². The van der Waals surface area contributed by atoms with E-state index >= 15 is 0 Å². The summed E-state index contributed by atoms with van der Waals surface area (Å²) in [6.07, 6.45) is 6.45. The molecular weight excluding hydrogens is 232 g/mol. The Balaban J connectivity index is 2.24. The van der Waals surface area contributed by atoms with Crippen LogP contribution in [0.3, 0.4) is 0 Å². The molecule has 3 rings (SSSR count). The van der Waals surface area contributed by atoms with Gasteiger partial charge in [0.25, 0.3) is 0 Å². The fraction of sp³-hybridized carbons (Fsp3) is 0.222. The lowest BCUT2D eigenvalue weighted by atomic mass is 9.69. The van der Waals surface area contributed by atoms with Crippen LogP contribution in [0.25, 0.3) is 0 Å². The molecule has 1 aliphatic carbocycles. The summed E-state index contributed by atoms with van der Waals surface area (Å²) < 4.78 is 0. The molecule has 94 valence electrons. The Hall–Kier alpha value is -2.04. The van der Waals surface area contributed by atoms with Crippen molar-refractivity contribution in [3.8, 4) is 12.3 Å². The van der Waals surface area contributed by atoms with Gasteiger partial charge < -0.3 is 5.11 Å². The molecular formula is C18H16O. The van der Waals surface area contributed by atoms with Crippen molar-refractivity contribution in [2.75, 3.05) is 0 Å². The second-order valence-corrected chi connectivity index (χ2v) is 5.39. The summed E-state index contributed by atoms with van der Waals surface area (Å²) in [7, 11) is 0. The third-order valence-corrected chi connectivity index (χ3v) is 4.37. The van der Waals surface area contributed by atoms with E-state index < -0.39 is 11.0 Å². The number of terminal acetylenes is 1. The van der Waals surface area contributed by atoms with Gasteiger partial charge in [-0.25, -0.2) is 0 Å². The van der Waals surface area contributed by atoms with Gasteiger partial charge in [-0.15, -0.1) is 6.42 Å². The molecule has 0 fully saturated rings. The van der Waals surface area contributed by atoms with Gasteiger partial charge >= 0.3 is 0 Å². The second-order valence-electron chi connectivity index (χ2n) is 5.39. The summed E-state index contributed by atoms with van der Waals surface area (Å²) in [5, 5.41) is 11.1. The molecule has 0 aromatic heterocycles. The molecule has 0 aliphatic heterocycles. The van der Waals surface area contributed by atoms with E-state index in [-0.39, 0.29) is 0 Å². The second kappa shape index (κ2) is 3.98. The van der Waals surface area contributed by atoms with Crippen LogP contribution in [0.5, 0.6) is 0 Å². The maximum absolute atomic E-state index is 11.1. The summed E-state index contributed by atoms with van der Waals surface area (Å²) in [5.41, 5.74) is 1.35. The van der Waals surface area contributed by atoms with Crippen molar-refractivity contribution < 1.29 is 5.11 Å². The zero-order valence-corrected chi connectivity index (χ0v) is 10.9. The first-order valence-electron chi connectivity index (χ1n) is 6.46. The number of benzene rings is 2. The Morgan fingerprint density at radius 1 is 1.05 bits per heavy atom. The molecule has 0 spiro atoms. The van der Waals surface area contributed by atoms with Crippen molar-refractivity contribution in [2.45, 2.75) is 24.4 Å². The van der Waals surface area contributed by atoms with Gasteiger partial charge in [0.15, 0.2) is 5.60 Å². The lowest BCUT2D eigenvalue weighted by Gasteiger charge is -2.36. The first-order valence-corrected chi connectivity index (χ1v) is 6.46. The number of aliphatic hydroxyl groups is 1. The summed E-state index contributed by atoms with van der Waals surface area (Å²) in [5.74, 6) is 2.64. The number of hydrogen-bond acceptors (Lipinski definition) is 1. The van der Waals surface area contributed by atoms with Crippen LogP contribution < -0.4 is 0 Å². The quantitative estimate of drug-likeness (QED) is 0.769. The molecule has 1 aliphatic rings. The van der Waals surface area contributed by atoms with E-state index in [1.54, 1.807) is 0 Å². The first kappa shape index (κ1) is 12.0. The van der Waals surface area contributed by atoms with E-state index in [9.17, 15) is 5.11 Å². The summed E-state index contributed by atoms with van der Waals surface area (Å²) in [6, 6.07) is 17.9. The molecule has 19 heavy (non-hydrogen) atoms. The van der Waals surface area contributed by atoms with Crippen molar-refractivity contribution in [3.63, 3.8) is 0 Å². The third-order valence-electron chi connectivity index (χ3n) is 4.37. The smallest absolute Gasteiger partial charge is 0.160 e. The topological polar surface area (TPSA) is 20.2 Å². The standard InChI is InChI=1S/C18H16O/c1-3-18(19)16-12-8-7-9-14(16)13-17(18,2)15-10-5-4-6-11-15/h1,4-12,19H,13H2,2H3/t17-,18-/m0/s1. The van der Waals surface area contributed by atoms with E-state index in [4.69, 9.17) is 6.42 Å². The van der Waals surface area contributed by atoms with Gasteiger partial charge in [-0.1, -0.05) is 67.4 Å². The zero-order chi connectivity index (χ0) is 13.5. The van der Waals surface area contributed by atoms with Crippen molar-refractivity contribution >= 4 is 0 Å². The predicted octanol–water partition coefficient (Wildman–Crippen LogP) is 3.02. The lowest BCUT2D eigenvalue weighted by Crippen LogP contribution is -2.43. The lowest BCUT2D eigenvalue weighted by molar-refractivity contribution is 0.0319. The molecule has 2 atom stereocenters. The minimum absolute atomic E-state index is 0.479. The average molecular weight is 248 g/mol. The van der Waals surface area contributed by atoms with Gasteiger partial charge in [0.2, 0.25) is 0 Å². The molecule has 1 N–H and O–H groups in total. The third kappa shape index (κ3) is 1.47. The molecule has 2 aromatic carbocycles. The predicted molar refractivity (Wildman–Crippen MR) is 76.7 cm³/mol. The molecule has 0 radical (unpaired) electrons. The molecule has 0 amide bonds. The van der Waals surface area contributed by atoms with Gasteiger partial charge in [-0.05, 0) is 23.1 Å². The van der Waals surface area contributed by atoms with Crippen LogP contribution in [0.4, 0.5) is 0 Å². The van der Waals surface area contributed by atoms with Crippen LogP contribution in [0, 0.1) is 12.3 Å². The fourth-order valence-corrected chi connectivity index (χ4v) is 3.19. The van der Waals surface area contributed by atoms with E-state index in [2.05, 4.69) is 5.92 Å². The van der Waals surface area contributed by atoms with Crippen LogP contribution in [-0.2, 0) is 17.4 Å². The first-order chi connectivity index (χ1) is 9.12. The average Bonchev–Trinajstić information content (AvgIpc) is 2.70. The van der Waals surface area contributed by atoms with Crippen LogP contribution in [0.1, 0.15) is 23.6 Å². The summed E-state index contributed by atoms with van der Waals surface area (Å²) in [4.78, 5) is 0. The van der Waals surface area contributed by atoms with Gasteiger partial charge in [0, 0.05) is 5.41 Å². The molecule has 0 saturated heterocycles. The molecule has 2 aromatic rings. The zero-order valence-electron chi connectivity index (χ0n) is 10.9. The number of fused-ring (bicyclic) bond motifs is 1. The monoisotopic (exact) mass is 248 g/mol. The highest BCUT2D eigenvalue weighted by Gasteiger charge is 2.54. The van der Waals surface area contributed by atoms with E-state index in [0.29, 0.717) is 0 Å². The number of rotatable bonds is 1. The highest BCUT2D eigenvalue weighted by Crippen LogP contribution is 2.51. The van der Waals surface area contributed by atoms with E-state index in [0.717, 1.165) is 23.1 Å². The molecule has 0 heterocycles. The molecule has 1 heteroatoms. The van der Waals surface area contributed by atoms with Crippen LogP contribution in [-0.4, -0.2) is 5.11 Å². The van der Waals surface area contributed by atoms with Crippen molar-refractivity contribution in [3.05, 3.63) is 71.3 Å². The van der Waals surface area contributed by atoms with Crippen LogP contribution >= 0.6 is 0 Å². The fourth-order valence-electron chi connectivity index (χ4n) is 3.19. The van der Waals surface area contributed by atoms with Gasteiger partial charge in [0.1, 0.15) is 0 Å². The van der Waals surface area contributed by atoms with Gasteiger partial charge in [-0.3, -0.25) is 0 Å². The van der Waals surface area contributed by atoms with Gasteiger partial charge in [-0.2, -0.15) is 0 Å². The van der Waals surface area contributed by atoms with Gasteiger partial charge in [0.05, 0.1) is 0 Å². The Bertz CT molecular complexity index is 653. The summed E-state index contributed by atoms with van der Waals surface area (Å²) in [6.45, 7) is 2.04. The normalized spacial score (nSPS) is 28.7. The molecule has 1 nitrogen and oxygen atoms in total. The Morgan fingerprint density at radius 3 is 2.37 bits per heavy atom. The maximum atomic E-state index is 11.1. The van der Waals surface area contributed by atoms with Crippen LogP contribution in [0.2, 0.25) is 0 Å². The molecule has 0 bridgehead atoms. The minimum Gasteiger partial charge on any atom is -0.372 e. The molecule has 0 saturated carbocycles. The Kier molecular flexibility index (Phi) is 2.52. The largest absolute Gasteiger partial charge is 0.372 e. The maximum Gasteiger partial charge on any atom is 0.160 e. The SMILES string of the molecule is C#C[C@]1(O)c2ccccc2C[C@@]1(C)c1ccccc1. The Morgan fingerprint density at radius 2 is 1.68 bits per heavy atom. The van der Waals surface area contributed by atoms with Crippen molar-refractivity contribution in [1.29, 1.82) is 0 Å². The van der Waals surface area contributed by atoms with Crippen molar-refractivity contribution in [1.82, 2.24) is 0 Å². The van der Waals surface area contributed by atoms with E-state index in [1.165, 1.54) is 0 Å². The minimum atomic E-state index is -1.25. The highest BCUT2D eigenvalue weighted by molar-refractivity contribution is 5.52. The molecule has 0 unspecified atom stereocenters. The number of hydrogen-bond donors (Lipinski definition) is 1.